The zero-order chi connectivity index (χ0) is 14.5. The van der Waals surface area contributed by atoms with Crippen molar-refractivity contribution < 1.29 is 15.0 Å². The van der Waals surface area contributed by atoms with Crippen LogP contribution in [-0.2, 0) is 4.79 Å². The molecule has 3 N–H and O–H groups in total. The molecule has 0 bridgehead atoms. The number of aliphatic hydroxyl groups excluding tert-OH is 1. The van der Waals surface area contributed by atoms with E-state index in [2.05, 4.69) is 5.32 Å². The number of aliphatic hydroxyl groups is 1. The first-order valence-corrected chi connectivity index (χ1v) is 6.39. The maximum absolute atomic E-state index is 11.9. The van der Waals surface area contributed by atoms with Crippen molar-refractivity contribution in [2.24, 2.45) is 0 Å². The summed E-state index contributed by atoms with van der Waals surface area (Å²) in [7, 11) is 0. The molecule has 1 unspecified atom stereocenters. The molecule has 2 aromatic carbocycles. The van der Waals surface area contributed by atoms with Gasteiger partial charge in [0, 0.05) is 0 Å². The van der Waals surface area contributed by atoms with Gasteiger partial charge in [0.15, 0.2) is 0 Å². The van der Waals surface area contributed by atoms with E-state index in [-0.39, 0.29) is 18.1 Å². The third-order valence-corrected chi connectivity index (χ3v) is 3.07. The van der Waals surface area contributed by atoms with Gasteiger partial charge in [0.1, 0.15) is 5.75 Å². The second kappa shape index (κ2) is 6.21. The van der Waals surface area contributed by atoms with E-state index in [1.54, 1.807) is 37.3 Å². The second-order valence-electron chi connectivity index (χ2n) is 4.65. The van der Waals surface area contributed by atoms with Gasteiger partial charge < -0.3 is 15.5 Å². The monoisotopic (exact) mass is 271 g/mol. The molecule has 2 rings (SSSR count). The maximum atomic E-state index is 11.9. The molecule has 0 spiro atoms. The van der Waals surface area contributed by atoms with Crippen molar-refractivity contribution >= 4 is 11.6 Å². The number of carbonyl (C=O) groups excluding carboxylic acids is 1. The van der Waals surface area contributed by atoms with Crippen molar-refractivity contribution in [1.82, 2.24) is 0 Å². The molecule has 0 fully saturated rings. The molecule has 0 aromatic heterocycles. The maximum Gasteiger partial charge on any atom is 0.227 e. The van der Waals surface area contributed by atoms with Crippen LogP contribution in [0.5, 0.6) is 5.75 Å². The van der Waals surface area contributed by atoms with Crippen molar-refractivity contribution in [3.8, 4) is 5.75 Å². The van der Waals surface area contributed by atoms with Crippen LogP contribution in [0.25, 0.3) is 0 Å². The number of phenolic OH excluding ortho intramolecular Hbond substituents is 1. The Hall–Kier alpha value is -2.33. The summed E-state index contributed by atoms with van der Waals surface area (Å²) in [5.41, 5.74) is 1.73. The molecule has 4 heteroatoms. The van der Waals surface area contributed by atoms with Crippen LogP contribution < -0.4 is 5.32 Å². The molecule has 0 aliphatic heterocycles. The van der Waals surface area contributed by atoms with Crippen molar-refractivity contribution in [3.05, 3.63) is 59.7 Å². The summed E-state index contributed by atoms with van der Waals surface area (Å²) in [5.74, 6) is -0.294. The zero-order valence-electron chi connectivity index (χ0n) is 11.2. The molecular weight excluding hydrogens is 254 g/mol. The van der Waals surface area contributed by atoms with Gasteiger partial charge in [0.25, 0.3) is 0 Å². The molecule has 1 amide bonds. The van der Waals surface area contributed by atoms with Crippen LogP contribution in [-0.4, -0.2) is 16.1 Å². The molecule has 0 saturated heterocycles. The first kappa shape index (κ1) is 14.1. The summed E-state index contributed by atoms with van der Waals surface area (Å²) in [6.45, 7) is 1.75. The predicted octanol–water partition coefficient (Wildman–Crippen LogP) is 2.76. The number of phenols is 1. The number of hydrogen-bond acceptors (Lipinski definition) is 3. The lowest BCUT2D eigenvalue weighted by molar-refractivity contribution is -0.118. The molecule has 0 saturated carbocycles. The number of aryl methyl sites for hydroxylation is 1. The molecule has 2 aromatic rings. The number of anilines is 1. The number of benzene rings is 2. The van der Waals surface area contributed by atoms with Gasteiger partial charge in [-0.3, -0.25) is 4.79 Å². The standard InChI is InChI=1S/C16H17NO3/c1-11-6-5-9-13(16(11)20)17-15(19)10-14(18)12-7-3-2-4-8-12/h2-9,14,18,20H,10H2,1H3,(H,17,19). The van der Waals surface area contributed by atoms with Crippen LogP contribution in [0.2, 0.25) is 0 Å². The highest BCUT2D eigenvalue weighted by Crippen LogP contribution is 2.27. The lowest BCUT2D eigenvalue weighted by Crippen LogP contribution is -2.15. The fourth-order valence-electron chi connectivity index (χ4n) is 1.93. The number of hydrogen-bond donors (Lipinski definition) is 3. The summed E-state index contributed by atoms with van der Waals surface area (Å²) in [5, 5.41) is 22.4. The van der Waals surface area contributed by atoms with Gasteiger partial charge in [-0.15, -0.1) is 0 Å². The van der Waals surface area contributed by atoms with Gasteiger partial charge in [0.05, 0.1) is 18.2 Å². The Labute approximate surface area is 117 Å². The van der Waals surface area contributed by atoms with Gasteiger partial charge in [-0.1, -0.05) is 42.5 Å². The van der Waals surface area contributed by atoms with E-state index in [0.717, 1.165) is 0 Å². The molecule has 20 heavy (non-hydrogen) atoms. The zero-order valence-corrected chi connectivity index (χ0v) is 11.2. The third kappa shape index (κ3) is 3.36. The first-order chi connectivity index (χ1) is 9.58. The van der Waals surface area contributed by atoms with Crippen molar-refractivity contribution in [2.75, 3.05) is 5.32 Å². The number of para-hydroxylation sites is 1. The Balaban J connectivity index is 2.01. The lowest BCUT2D eigenvalue weighted by Gasteiger charge is -2.12. The average Bonchev–Trinajstić information content (AvgIpc) is 2.45. The van der Waals surface area contributed by atoms with Crippen molar-refractivity contribution in [1.29, 1.82) is 0 Å². The first-order valence-electron chi connectivity index (χ1n) is 6.39. The normalized spacial score (nSPS) is 11.9. The van der Waals surface area contributed by atoms with E-state index in [9.17, 15) is 15.0 Å². The minimum Gasteiger partial charge on any atom is -0.505 e. The van der Waals surface area contributed by atoms with E-state index in [0.29, 0.717) is 16.8 Å². The van der Waals surface area contributed by atoms with Crippen molar-refractivity contribution in [2.45, 2.75) is 19.4 Å². The van der Waals surface area contributed by atoms with E-state index < -0.39 is 6.10 Å². The Bertz CT molecular complexity index is 596. The minimum atomic E-state index is -0.858. The molecule has 104 valence electrons. The lowest BCUT2D eigenvalue weighted by atomic mass is 10.1. The molecule has 4 nitrogen and oxygen atoms in total. The predicted molar refractivity (Wildman–Crippen MR) is 77.5 cm³/mol. The Morgan fingerprint density at radius 2 is 1.85 bits per heavy atom. The molecule has 0 aliphatic carbocycles. The smallest absolute Gasteiger partial charge is 0.227 e. The van der Waals surface area contributed by atoms with Crippen LogP contribution >= 0.6 is 0 Å². The topological polar surface area (TPSA) is 69.6 Å². The Morgan fingerprint density at radius 3 is 2.55 bits per heavy atom. The number of aromatic hydroxyl groups is 1. The Morgan fingerprint density at radius 1 is 1.15 bits per heavy atom. The highest BCUT2D eigenvalue weighted by molar-refractivity contribution is 5.92. The fraction of sp³-hybridized carbons (Fsp3) is 0.188. The van der Waals surface area contributed by atoms with E-state index >= 15 is 0 Å². The highest BCUT2D eigenvalue weighted by Gasteiger charge is 2.14. The number of rotatable bonds is 4. The van der Waals surface area contributed by atoms with Gasteiger partial charge in [0.2, 0.25) is 5.91 Å². The largest absolute Gasteiger partial charge is 0.505 e. The highest BCUT2D eigenvalue weighted by atomic mass is 16.3. The van der Waals surface area contributed by atoms with Crippen LogP contribution in [0, 0.1) is 6.92 Å². The van der Waals surface area contributed by atoms with Crippen LogP contribution in [0.1, 0.15) is 23.7 Å². The molecule has 1 atom stereocenters. The SMILES string of the molecule is Cc1cccc(NC(=O)CC(O)c2ccccc2)c1O. The van der Waals surface area contributed by atoms with Crippen molar-refractivity contribution in [3.63, 3.8) is 0 Å². The summed E-state index contributed by atoms with van der Waals surface area (Å²) >= 11 is 0. The van der Waals surface area contributed by atoms with Gasteiger partial charge in [-0.05, 0) is 24.1 Å². The molecule has 0 heterocycles. The van der Waals surface area contributed by atoms with Gasteiger partial charge in [-0.25, -0.2) is 0 Å². The fourth-order valence-corrected chi connectivity index (χ4v) is 1.93. The number of amides is 1. The minimum absolute atomic E-state index is 0.0510. The van der Waals surface area contributed by atoms with E-state index in [1.165, 1.54) is 0 Å². The summed E-state index contributed by atoms with van der Waals surface area (Å²) in [6, 6.07) is 14.1. The Kier molecular flexibility index (Phi) is 4.38. The van der Waals surface area contributed by atoms with E-state index in [4.69, 9.17) is 0 Å². The van der Waals surface area contributed by atoms with Gasteiger partial charge >= 0.3 is 0 Å². The number of nitrogens with one attached hydrogen (secondary N) is 1. The summed E-state index contributed by atoms with van der Waals surface area (Å²) in [4.78, 5) is 11.9. The van der Waals surface area contributed by atoms with E-state index in [1.807, 2.05) is 18.2 Å². The third-order valence-electron chi connectivity index (χ3n) is 3.07. The van der Waals surface area contributed by atoms with Crippen LogP contribution in [0.4, 0.5) is 5.69 Å². The summed E-state index contributed by atoms with van der Waals surface area (Å²) < 4.78 is 0. The average molecular weight is 271 g/mol. The second-order valence-corrected chi connectivity index (χ2v) is 4.65. The molecular formula is C16H17NO3. The van der Waals surface area contributed by atoms with Gasteiger partial charge in [-0.2, -0.15) is 0 Å². The van der Waals surface area contributed by atoms with Crippen LogP contribution in [0.3, 0.4) is 0 Å². The molecule has 0 aliphatic rings. The quantitative estimate of drug-likeness (QED) is 0.749. The number of carbonyl (C=O) groups is 1. The molecule has 0 radical (unpaired) electrons. The summed E-state index contributed by atoms with van der Waals surface area (Å²) in [6.07, 6.45) is -0.916. The van der Waals surface area contributed by atoms with Crippen LogP contribution in [0.15, 0.2) is 48.5 Å².